The van der Waals surface area contributed by atoms with Crippen LogP contribution >= 0.6 is 11.6 Å². The van der Waals surface area contributed by atoms with E-state index in [-0.39, 0.29) is 5.75 Å². The van der Waals surface area contributed by atoms with E-state index in [1.54, 1.807) is 0 Å². The van der Waals surface area contributed by atoms with Crippen molar-refractivity contribution in [2.45, 2.75) is 19.8 Å². The van der Waals surface area contributed by atoms with E-state index in [0.29, 0.717) is 25.4 Å². The van der Waals surface area contributed by atoms with Crippen LogP contribution in [0.2, 0.25) is 0 Å². The first-order valence-electron chi connectivity index (χ1n) is 6.18. The first-order chi connectivity index (χ1) is 8.60. The van der Waals surface area contributed by atoms with E-state index in [0.717, 1.165) is 12.0 Å². The van der Waals surface area contributed by atoms with E-state index < -0.39 is 10.0 Å². The van der Waals surface area contributed by atoms with Gasteiger partial charge < -0.3 is 0 Å². The number of nitrogens with zero attached hydrogens (tertiary/aromatic N) is 1. The van der Waals surface area contributed by atoms with Gasteiger partial charge in [0.15, 0.2) is 0 Å². The highest BCUT2D eigenvalue weighted by molar-refractivity contribution is 7.89. The Balaban J connectivity index is 2.57. The van der Waals surface area contributed by atoms with Crippen LogP contribution in [-0.2, 0) is 16.4 Å². The molecule has 0 saturated carbocycles. The molecular weight excluding hydrogens is 270 g/mol. The van der Waals surface area contributed by atoms with Gasteiger partial charge >= 0.3 is 0 Å². The molecule has 0 aliphatic rings. The summed E-state index contributed by atoms with van der Waals surface area (Å²) in [5.74, 6) is 0.522. The summed E-state index contributed by atoms with van der Waals surface area (Å²) in [6.07, 6.45) is 1.25. The van der Waals surface area contributed by atoms with Crippen LogP contribution in [0.3, 0.4) is 0 Å². The van der Waals surface area contributed by atoms with Crippen LogP contribution < -0.4 is 0 Å². The number of hydrogen-bond donors (Lipinski definition) is 0. The molecule has 0 bridgehead atoms. The van der Waals surface area contributed by atoms with Crippen molar-refractivity contribution < 1.29 is 8.42 Å². The molecule has 0 aliphatic carbocycles. The van der Waals surface area contributed by atoms with Gasteiger partial charge in [0.05, 0.1) is 5.75 Å². The second-order valence-electron chi connectivity index (χ2n) is 4.09. The summed E-state index contributed by atoms with van der Waals surface area (Å²) in [5, 5.41) is 0. The number of hydrogen-bond acceptors (Lipinski definition) is 2. The molecule has 102 valence electrons. The first-order valence-corrected chi connectivity index (χ1v) is 8.32. The highest BCUT2D eigenvalue weighted by atomic mass is 35.5. The van der Waals surface area contributed by atoms with E-state index in [4.69, 9.17) is 11.6 Å². The van der Waals surface area contributed by atoms with Crippen LogP contribution in [0.4, 0.5) is 0 Å². The van der Waals surface area contributed by atoms with Crippen molar-refractivity contribution in [3.8, 4) is 0 Å². The zero-order chi connectivity index (χ0) is 13.4. The Morgan fingerprint density at radius 1 is 1.22 bits per heavy atom. The SMILES string of the molecule is CCN(CCc1ccccc1)S(=O)(=O)CCCCl. The molecule has 0 amide bonds. The molecule has 0 spiro atoms. The van der Waals surface area contributed by atoms with Gasteiger partial charge in [0.2, 0.25) is 10.0 Å². The number of benzene rings is 1. The Hall–Kier alpha value is -0.580. The third kappa shape index (κ3) is 4.96. The molecule has 0 aliphatic heterocycles. The van der Waals surface area contributed by atoms with Crippen LogP contribution in [-0.4, -0.2) is 37.4 Å². The van der Waals surface area contributed by atoms with E-state index >= 15 is 0 Å². The smallest absolute Gasteiger partial charge is 0.212 e. The van der Waals surface area contributed by atoms with Gasteiger partial charge in [0, 0.05) is 19.0 Å². The maximum Gasteiger partial charge on any atom is 0.214 e. The summed E-state index contributed by atoms with van der Waals surface area (Å²) >= 11 is 5.55. The summed E-state index contributed by atoms with van der Waals surface area (Å²) in [6, 6.07) is 9.91. The highest BCUT2D eigenvalue weighted by Crippen LogP contribution is 2.07. The van der Waals surface area contributed by atoms with E-state index in [1.165, 1.54) is 4.31 Å². The van der Waals surface area contributed by atoms with Crippen molar-refractivity contribution in [1.29, 1.82) is 0 Å². The summed E-state index contributed by atoms with van der Waals surface area (Å²) in [7, 11) is -3.16. The number of rotatable bonds is 8. The van der Waals surface area contributed by atoms with Crippen molar-refractivity contribution in [2.75, 3.05) is 24.7 Å². The lowest BCUT2D eigenvalue weighted by molar-refractivity contribution is 0.430. The molecule has 0 radical (unpaired) electrons. The monoisotopic (exact) mass is 289 g/mol. The van der Waals surface area contributed by atoms with Crippen LogP contribution in [0.25, 0.3) is 0 Å². The van der Waals surface area contributed by atoms with Crippen molar-refractivity contribution in [3.63, 3.8) is 0 Å². The molecule has 0 aromatic heterocycles. The summed E-state index contributed by atoms with van der Waals surface area (Å²) in [5.41, 5.74) is 1.16. The number of likely N-dealkylation sites (N-methyl/N-ethyl adjacent to an activating group) is 1. The molecule has 0 heterocycles. The molecule has 1 aromatic rings. The normalized spacial score (nSPS) is 11.9. The minimum absolute atomic E-state index is 0.138. The number of alkyl halides is 1. The second-order valence-corrected chi connectivity index (χ2v) is 6.55. The average Bonchev–Trinajstić information content (AvgIpc) is 2.38. The van der Waals surface area contributed by atoms with Crippen LogP contribution in [0.15, 0.2) is 30.3 Å². The molecule has 0 fully saturated rings. The third-order valence-electron chi connectivity index (χ3n) is 2.77. The summed E-state index contributed by atoms with van der Waals surface area (Å²) in [6.45, 7) is 2.91. The Labute approximate surface area is 115 Å². The van der Waals surface area contributed by atoms with E-state index in [1.807, 2.05) is 37.3 Å². The quantitative estimate of drug-likeness (QED) is 0.690. The molecule has 0 saturated heterocycles. The molecule has 5 heteroatoms. The zero-order valence-electron chi connectivity index (χ0n) is 10.7. The topological polar surface area (TPSA) is 37.4 Å². The molecular formula is C13H20ClNO2S. The first kappa shape index (κ1) is 15.5. The lowest BCUT2D eigenvalue weighted by atomic mass is 10.1. The van der Waals surface area contributed by atoms with E-state index in [9.17, 15) is 8.42 Å². The predicted octanol–water partition coefficient (Wildman–Crippen LogP) is 2.51. The molecule has 1 aromatic carbocycles. The molecule has 1 rings (SSSR count). The minimum Gasteiger partial charge on any atom is -0.212 e. The lowest BCUT2D eigenvalue weighted by Crippen LogP contribution is -2.34. The lowest BCUT2D eigenvalue weighted by Gasteiger charge is -2.20. The van der Waals surface area contributed by atoms with Crippen molar-refractivity contribution in [2.24, 2.45) is 0 Å². The fourth-order valence-electron chi connectivity index (χ4n) is 1.76. The Kier molecular flexibility index (Phi) is 6.68. The second kappa shape index (κ2) is 7.77. The van der Waals surface area contributed by atoms with Crippen molar-refractivity contribution >= 4 is 21.6 Å². The Bertz CT molecular complexity index is 434. The van der Waals surface area contributed by atoms with Crippen LogP contribution in [0.1, 0.15) is 18.9 Å². The summed E-state index contributed by atoms with van der Waals surface area (Å²) < 4.78 is 25.6. The highest BCUT2D eigenvalue weighted by Gasteiger charge is 2.19. The Morgan fingerprint density at radius 2 is 1.89 bits per heavy atom. The van der Waals surface area contributed by atoms with Gasteiger partial charge in [-0.3, -0.25) is 0 Å². The van der Waals surface area contributed by atoms with Crippen molar-refractivity contribution in [3.05, 3.63) is 35.9 Å². The predicted molar refractivity (Wildman–Crippen MR) is 76.5 cm³/mol. The molecule has 3 nitrogen and oxygen atoms in total. The fourth-order valence-corrected chi connectivity index (χ4v) is 3.58. The largest absolute Gasteiger partial charge is 0.214 e. The Morgan fingerprint density at radius 3 is 2.44 bits per heavy atom. The maximum absolute atomic E-state index is 12.0. The molecule has 18 heavy (non-hydrogen) atoms. The molecule has 0 atom stereocenters. The van der Waals surface area contributed by atoms with Gasteiger partial charge in [0.25, 0.3) is 0 Å². The minimum atomic E-state index is -3.16. The van der Waals surface area contributed by atoms with Gasteiger partial charge in [0.1, 0.15) is 0 Å². The van der Waals surface area contributed by atoms with Gasteiger partial charge in [-0.1, -0.05) is 37.3 Å². The zero-order valence-corrected chi connectivity index (χ0v) is 12.3. The van der Waals surface area contributed by atoms with Gasteiger partial charge in [-0.05, 0) is 18.4 Å². The number of sulfonamides is 1. The van der Waals surface area contributed by atoms with Crippen molar-refractivity contribution in [1.82, 2.24) is 4.31 Å². The fraction of sp³-hybridized carbons (Fsp3) is 0.538. The van der Waals surface area contributed by atoms with Gasteiger partial charge in [-0.2, -0.15) is 0 Å². The molecule has 0 unspecified atom stereocenters. The standard InChI is InChI=1S/C13H20ClNO2S/c1-2-15(18(16,17)12-6-10-14)11-9-13-7-4-3-5-8-13/h3-5,7-8H,2,6,9-12H2,1H3. The van der Waals surface area contributed by atoms with E-state index in [2.05, 4.69) is 0 Å². The van der Waals surface area contributed by atoms with Gasteiger partial charge in [-0.15, -0.1) is 11.6 Å². The van der Waals surface area contributed by atoms with Gasteiger partial charge in [-0.25, -0.2) is 12.7 Å². The average molecular weight is 290 g/mol. The molecule has 0 N–H and O–H groups in total. The van der Waals surface area contributed by atoms with Crippen LogP contribution in [0.5, 0.6) is 0 Å². The third-order valence-corrected chi connectivity index (χ3v) is 5.07. The van der Waals surface area contributed by atoms with Crippen LogP contribution in [0, 0.1) is 0 Å². The maximum atomic E-state index is 12.0. The summed E-state index contributed by atoms with van der Waals surface area (Å²) in [4.78, 5) is 0. The number of halogens is 1.